The van der Waals surface area contributed by atoms with Gasteiger partial charge >= 0.3 is 15.3 Å². The molecule has 0 fully saturated rings. The molecule has 0 aliphatic heterocycles. The molecule has 216 valence electrons. The Kier molecular flexibility index (Phi) is 46.7. The average Bonchev–Trinajstić information content (AvgIpc) is 2.76. The van der Waals surface area contributed by atoms with Crippen molar-refractivity contribution in [2.24, 2.45) is 0 Å². The van der Waals surface area contributed by atoms with Crippen LogP contribution in [0.15, 0.2) is 12.2 Å². The number of halogens is 3. The normalized spacial score (nSPS) is 9.86. The van der Waals surface area contributed by atoms with Crippen LogP contribution in [0.4, 0.5) is 0 Å². The van der Waals surface area contributed by atoms with Gasteiger partial charge in [0.25, 0.3) is 0 Å². The number of carbonyl (C=O) groups is 1. The fraction of sp³-hybridized carbons (Fsp3) is 0.870. The van der Waals surface area contributed by atoms with Crippen molar-refractivity contribution in [1.29, 1.82) is 0 Å². The van der Waals surface area contributed by atoms with Gasteiger partial charge in [0.15, 0.2) is 0 Å². The highest BCUT2D eigenvalue weighted by atomic mass is 36.0. The number of hydrogen-bond donors (Lipinski definition) is 1. The molecule has 0 unspecified atom stereocenters. The fourth-order valence-electron chi connectivity index (χ4n) is 2.19. The third kappa shape index (κ3) is 71.9. The smallest absolute Gasteiger partial charge is 0.353 e. The van der Waals surface area contributed by atoms with Crippen LogP contribution < -0.4 is 0 Å². The van der Waals surface area contributed by atoms with Gasteiger partial charge in [0.2, 0.25) is 9.23 Å². The number of carbonyl (C=O) groups excluding carboxylic acids is 1. The number of hydrogen-bond acceptors (Lipinski definition) is 6. The molecule has 1 N–H and O–H groups in total. The lowest BCUT2D eigenvalue weighted by Gasteiger charge is -2.21. The van der Waals surface area contributed by atoms with Gasteiger partial charge in [-0.05, 0) is 32.9 Å². The molecular formula is C23H50Cl3NO6S2. The van der Waals surface area contributed by atoms with Crippen LogP contribution in [0.2, 0.25) is 0 Å². The minimum Gasteiger partial charge on any atom is -0.461 e. The molecule has 0 bridgehead atoms. The van der Waals surface area contributed by atoms with Crippen molar-refractivity contribution in [2.75, 3.05) is 26.2 Å². The minimum atomic E-state index is -4.19. The van der Waals surface area contributed by atoms with Crippen molar-refractivity contribution in [1.82, 2.24) is 4.90 Å². The van der Waals surface area contributed by atoms with E-state index in [1.54, 1.807) is 6.92 Å². The number of ether oxygens (including phenoxy) is 1. The molecule has 0 amide bonds. The zero-order valence-electron chi connectivity index (χ0n) is 22.8. The van der Waals surface area contributed by atoms with Crippen molar-refractivity contribution in [2.45, 2.75) is 106 Å². The summed E-state index contributed by atoms with van der Waals surface area (Å²) in [5, 5.41) is 0. The molecule has 0 aliphatic carbocycles. The van der Waals surface area contributed by atoms with Crippen LogP contribution in [0.5, 0.6) is 0 Å². The number of unbranched alkanes of at least 4 members (excludes halogenated alkanes) is 6. The largest absolute Gasteiger partial charge is 0.461 e. The van der Waals surface area contributed by atoms with Crippen LogP contribution in [0.3, 0.4) is 0 Å². The van der Waals surface area contributed by atoms with Crippen molar-refractivity contribution in [3.8, 4) is 0 Å². The molecule has 0 radical (unpaired) electrons. The van der Waals surface area contributed by atoms with E-state index < -0.39 is 18.6 Å². The third-order valence-corrected chi connectivity index (χ3v) is 3.85. The van der Waals surface area contributed by atoms with E-state index in [2.05, 4.69) is 71.2 Å². The van der Waals surface area contributed by atoms with Crippen LogP contribution in [0.25, 0.3) is 0 Å². The summed E-state index contributed by atoms with van der Waals surface area (Å²) < 4.78 is 39.4. The van der Waals surface area contributed by atoms with Gasteiger partial charge in [0, 0.05) is 44.2 Å². The molecule has 7 nitrogen and oxygen atoms in total. The molecule has 12 heteroatoms. The summed E-state index contributed by atoms with van der Waals surface area (Å²) in [5.74, 6) is -0.279. The van der Waals surface area contributed by atoms with Crippen LogP contribution in [0, 0.1) is 0 Å². The topological polar surface area (TPSA) is 101 Å². The van der Waals surface area contributed by atoms with E-state index in [9.17, 15) is 4.79 Å². The van der Waals surface area contributed by atoms with Gasteiger partial charge in [-0.1, -0.05) is 93.1 Å². The lowest BCUT2D eigenvalue weighted by Crippen LogP contribution is -2.30. The van der Waals surface area contributed by atoms with Gasteiger partial charge in [-0.15, -0.1) is 0 Å². The van der Waals surface area contributed by atoms with Gasteiger partial charge in [-0.3, -0.25) is 9.45 Å². The highest BCUT2D eigenvalue weighted by molar-refractivity contribution is 8.26. The maximum atomic E-state index is 11.3. The predicted octanol–water partition coefficient (Wildman–Crippen LogP) is 8.08. The maximum Gasteiger partial charge on any atom is 0.353 e. The van der Waals surface area contributed by atoms with E-state index in [4.69, 9.17) is 21.9 Å². The second-order valence-corrected chi connectivity index (χ2v) is 11.6. The number of esters is 1. The summed E-state index contributed by atoms with van der Waals surface area (Å²) in [5.41, 5.74) is 0.473. The van der Waals surface area contributed by atoms with E-state index in [1.807, 2.05) is 13.8 Å². The Hall–Kier alpha value is 0.1000. The molecule has 0 atom stereocenters. The molecule has 35 heavy (non-hydrogen) atoms. The summed E-state index contributed by atoms with van der Waals surface area (Å²) in [6.07, 6.45) is 11.7. The van der Waals surface area contributed by atoms with Crippen molar-refractivity contribution in [3.05, 3.63) is 12.2 Å². The monoisotopic (exact) mass is 605 g/mol. The van der Waals surface area contributed by atoms with E-state index in [0.29, 0.717) is 12.2 Å². The van der Waals surface area contributed by atoms with Gasteiger partial charge in [0.1, 0.15) is 6.61 Å². The molecule has 0 saturated heterocycles. The van der Waals surface area contributed by atoms with Crippen LogP contribution in [-0.2, 0) is 28.1 Å². The Balaban J connectivity index is -0.000000143. The lowest BCUT2D eigenvalue weighted by atomic mass is 10.2. The Morgan fingerprint density at radius 3 is 1.51 bits per heavy atom. The average molecular weight is 607 g/mol. The van der Waals surface area contributed by atoms with Crippen molar-refractivity contribution in [3.63, 3.8) is 0 Å². The highest BCUT2D eigenvalue weighted by Gasteiger charge is 2.07. The third-order valence-electron chi connectivity index (χ3n) is 3.85. The van der Waals surface area contributed by atoms with Gasteiger partial charge < -0.3 is 4.74 Å². The molecular weight excluding hydrogens is 557 g/mol. The molecule has 0 aliphatic rings. The summed E-state index contributed by atoms with van der Waals surface area (Å²) in [6, 6.07) is 0. The Morgan fingerprint density at radius 1 is 0.886 bits per heavy atom. The second kappa shape index (κ2) is 36.3. The Labute approximate surface area is 232 Å². The molecule has 0 aromatic carbocycles. The first kappa shape index (κ1) is 45.0. The van der Waals surface area contributed by atoms with E-state index in [0.717, 1.165) is 19.6 Å². The SMILES string of the molecule is C=C(C)C(=O)OCCN(CCCC)CCCCC.CC.CCCCCC.O=S(=O)(O)Cl.O=S(Cl)Cl. The first-order valence-electron chi connectivity index (χ1n) is 12.2. The van der Waals surface area contributed by atoms with Crippen LogP contribution >= 0.6 is 32.0 Å². The van der Waals surface area contributed by atoms with Crippen LogP contribution in [-0.4, -0.2) is 54.3 Å². The lowest BCUT2D eigenvalue weighted by molar-refractivity contribution is -0.139. The summed E-state index contributed by atoms with van der Waals surface area (Å²) in [7, 11) is 7.22. The Morgan fingerprint density at radius 2 is 1.20 bits per heavy atom. The second-order valence-electron chi connectivity index (χ2n) is 7.12. The summed E-state index contributed by atoms with van der Waals surface area (Å²) in [6.45, 7) is 21.7. The molecule has 0 aromatic rings. The predicted molar refractivity (Wildman–Crippen MR) is 155 cm³/mol. The van der Waals surface area contributed by atoms with E-state index in [-0.39, 0.29) is 5.97 Å². The molecule has 0 rings (SSSR count). The van der Waals surface area contributed by atoms with E-state index in [1.165, 1.54) is 57.8 Å². The van der Waals surface area contributed by atoms with Gasteiger partial charge in [0.05, 0.1) is 0 Å². The Bertz CT molecular complexity index is 564. The van der Waals surface area contributed by atoms with E-state index >= 15 is 0 Å². The molecule has 0 spiro atoms. The molecule has 0 heterocycles. The van der Waals surface area contributed by atoms with Crippen molar-refractivity contribution >= 4 is 56.6 Å². The molecule has 0 aromatic heterocycles. The first-order chi connectivity index (χ1) is 16.3. The number of nitrogens with zero attached hydrogens (tertiary/aromatic N) is 1. The summed E-state index contributed by atoms with van der Waals surface area (Å²) >= 11 is 0. The highest BCUT2D eigenvalue weighted by Crippen LogP contribution is 2.02. The van der Waals surface area contributed by atoms with Crippen LogP contribution in [0.1, 0.15) is 106 Å². The maximum absolute atomic E-state index is 11.3. The minimum absolute atomic E-state index is 0.279. The first-order valence-corrected chi connectivity index (χ1v) is 17.3. The van der Waals surface area contributed by atoms with Gasteiger partial charge in [-0.25, -0.2) is 9.00 Å². The zero-order chi connectivity index (χ0) is 28.7. The zero-order valence-corrected chi connectivity index (χ0v) is 26.7. The van der Waals surface area contributed by atoms with Crippen molar-refractivity contribution < 1.29 is 26.7 Å². The summed E-state index contributed by atoms with van der Waals surface area (Å²) in [4.78, 5) is 13.7. The fourth-order valence-corrected chi connectivity index (χ4v) is 2.19. The molecule has 0 saturated carbocycles. The van der Waals surface area contributed by atoms with Gasteiger partial charge in [-0.2, -0.15) is 8.42 Å². The standard InChI is InChI=1S/C15H29NO2.C6H14.C2H6.Cl2OS.ClHO3S/c1-5-7-9-11-16(10-8-6-2)12-13-18-15(17)14(3)4;1-3-5-6-4-2;1-2;1-4(2)3;1-5(2,3)4/h3,5-13H2,1-2,4H3;3-6H2,1-2H3;1-2H3;;(H,2,3,4). The quantitative estimate of drug-likeness (QED) is 0.0701. The number of rotatable bonds is 14.